The molecule has 0 unspecified atom stereocenters. The molecule has 0 bridgehead atoms. The first kappa shape index (κ1) is 21.9. The number of nitrogens with one attached hydrogen (secondary N) is 2. The van der Waals surface area contributed by atoms with Gasteiger partial charge in [-0.2, -0.15) is 4.31 Å². The van der Waals surface area contributed by atoms with Crippen LogP contribution in [0.25, 0.3) is 0 Å². The Kier molecular flexibility index (Phi) is 6.39. The summed E-state index contributed by atoms with van der Waals surface area (Å²) in [5.41, 5.74) is 0.366. The summed E-state index contributed by atoms with van der Waals surface area (Å²) in [6.45, 7) is 13.0. The van der Waals surface area contributed by atoms with Crippen molar-refractivity contribution < 1.29 is 13.2 Å². The molecule has 1 heterocycles. The van der Waals surface area contributed by atoms with Crippen molar-refractivity contribution in [3.63, 3.8) is 0 Å². The van der Waals surface area contributed by atoms with Crippen molar-refractivity contribution in [1.29, 1.82) is 0 Å². The minimum atomic E-state index is -3.51. The van der Waals surface area contributed by atoms with E-state index in [1.165, 1.54) is 16.4 Å². The molecule has 1 aliphatic rings. The number of benzene rings is 1. The highest BCUT2D eigenvalue weighted by atomic mass is 32.2. The molecule has 0 saturated carbocycles. The number of rotatable bonds is 6. The Labute approximate surface area is 163 Å². The number of hydrogen-bond donors (Lipinski definition) is 2. The van der Waals surface area contributed by atoms with E-state index >= 15 is 0 Å². The Morgan fingerprint density at radius 2 is 1.56 bits per heavy atom. The highest BCUT2D eigenvalue weighted by Crippen LogP contribution is 2.28. The Bertz CT molecular complexity index is 750. The first-order chi connectivity index (χ1) is 12.4. The van der Waals surface area contributed by atoms with Gasteiger partial charge in [-0.25, -0.2) is 8.42 Å². The molecule has 1 aliphatic heterocycles. The van der Waals surface area contributed by atoms with Crippen LogP contribution in [0.5, 0.6) is 0 Å². The first-order valence-electron chi connectivity index (χ1n) is 9.60. The standard InChI is InChI=1S/C20H33N3O3S/c1-7-23(8-2)27(25,26)17-11-9-15(10-12-17)18(24)21-16-13-19(3,4)22-20(5,6)14-16/h9-12,16,22H,7-8,13-14H2,1-6H3,(H,21,24). The zero-order valence-corrected chi connectivity index (χ0v) is 18.1. The lowest BCUT2D eigenvalue weighted by molar-refractivity contribution is 0.0873. The topological polar surface area (TPSA) is 78.5 Å². The van der Waals surface area contributed by atoms with Gasteiger partial charge in [0.05, 0.1) is 4.90 Å². The monoisotopic (exact) mass is 395 g/mol. The predicted octanol–water partition coefficient (Wildman–Crippen LogP) is 2.76. The zero-order valence-electron chi connectivity index (χ0n) is 17.3. The summed E-state index contributed by atoms with van der Waals surface area (Å²) in [4.78, 5) is 12.9. The van der Waals surface area contributed by atoms with Gasteiger partial charge in [-0.1, -0.05) is 13.8 Å². The Morgan fingerprint density at radius 3 is 2.00 bits per heavy atom. The number of amides is 1. The van der Waals surface area contributed by atoms with E-state index in [0.29, 0.717) is 18.7 Å². The molecule has 0 spiro atoms. The molecule has 7 heteroatoms. The third kappa shape index (κ3) is 5.30. The quantitative estimate of drug-likeness (QED) is 0.776. The number of nitrogens with zero attached hydrogens (tertiary/aromatic N) is 1. The van der Waals surface area contributed by atoms with E-state index in [-0.39, 0.29) is 27.9 Å². The third-order valence-corrected chi connectivity index (χ3v) is 7.05. The lowest BCUT2D eigenvalue weighted by Gasteiger charge is -2.46. The smallest absolute Gasteiger partial charge is 0.251 e. The average Bonchev–Trinajstić information content (AvgIpc) is 2.52. The van der Waals surface area contributed by atoms with Crippen molar-refractivity contribution in [1.82, 2.24) is 14.9 Å². The summed E-state index contributed by atoms with van der Waals surface area (Å²) in [6, 6.07) is 6.27. The van der Waals surface area contributed by atoms with Crippen molar-refractivity contribution in [2.75, 3.05) is 13.1 Å². The predicted molar refractivity (Wildman–Crippen MR) is 108 cm³/mol. The van der Waals surface area contributed by atoms with E-state index in [9.17, 15) is 13.2 Å². The molecular weight excluding hydrogens is 362 g/mol. The second-order valence-electron chi connectivity index (χ2n) is 8.59. The van der Waals surface area contributed by atoms with Gasteiger partial charge < -0.3 is 10.6 Å². The fourth-order valence-corrected chi connectivity index (χ4v) is 5.64. The van der Waals surface area contributed by atoms with E-state index in [2.05, 4.69) is 38.3 Å². The summed E-state index contributed by atoms with van der Waals surface area (Å²) in [7, 11) is -3.51. The Balaban J connectivity index is 2.12. The second kappa shape index (κ2) is 7.89. The first-order valence-corrected chi connectivity index (χ1v) is 11.0. The summed E-state index contributed by atoms with van der Waals surface area (Å²) in [6.07, 6.45) is 1.69. The lowest BCUT2D eigenvalue weighted by atomic mass is 9.79. The molecule has 0 radical (unpaired) electrons. The van der Waals surface area contributed by atoms with E-state index in [1.54, 1.807) is 12.1 Å². The minimum absolute atomic E-state index is 0.0542. The van der Waals surface area contributed by atoms with Crippen LogP contribution in [0.2, 0.25) is 0 Å². The molecule has 2 rings (SSSR count). The van der Waals surface area contributed by atoms with Gasteiger partial charge in [0.15, 0.2) is 0 Å². The number of carbonyl (C=O) groups excluding carboxylic acids is 1. The fourth-order valence-electron chi connectivity index (χ4n) is 4.18. The normalized spacial score (nSPS) is 19.8. The van der Waals surface area contributed by atoms with Crippen molar-refractivity contribution in [3.8, 4) is 0 Å². The van der Waals surface area contributed by atoms with E-state index < -0.39 is 10.0 Å². The molecule has 0 aromatic heterocycles. The Morgan fingerprint density at radius 1 is 1.07 bits per heavy atom. The summed E-state index contributed by atoms with van der Waals surface area (Å²) >= 11 is 0. The average molecular weight is 396 g/mol. The molecule has 27 heavy (non-hydrogen) atoms. The van der Waals surface area contributed by atoms with Crippen LogP contribution >= 0.6 is 0 Å². The molecule has 6 nitrogen and oxygen atoms in total. The van der Waals surface area contributed by atoms with E-state index in [1.807, 2.05) is 13.8 Å². The molecule has 152 valence electrons. The number of carbonyl (C=O) groups is 1. The maximum atomic E-state index is 12.7. The van der Waals surface area contributed by atoms with Gasteiger partial charge in [0.1, 0.15) is 0 Å². The largest absolute Gasteiger partial charge is 0.349 e. The van der Waals surface area contributed by atoms with E-state index in [4.69, 9.17) is 0 Å². The van der Waals surface area contributed by atoms with Crippen LogP contribution in [-0.2, 0) is 10.0 Å². The summed E-state index contributed by atoms with van der Waals surface area (Å²) in [5, 5.41) is 6.71. The highest BCUT2D eigenvalue weighted by Gasteiger charge is 2.38. The third-order valence-electron chi connectivity index (χ3n) is 4.99. The van der Waals surface area contributed by atoms with Crippen molar-refractivity contribution in [2.24, 2.45) is 0 Å². The molecule has 0 aliphatic carbocycles. The zero-order chi connectivity index (χ0) is 20.5. The molecule has 1 amide bonds. The van der Waals surface area contributed by atoms with Crippen LogP contribution in [0.3, 0.4) is 0 Å². The van der Waals surface area contributed by atoms with Crippen LogP contribution in [0.1, 0.15) is 64.7 Å². The van der Waals surface area contributed by atoms with Gasteiger partial charge >= 0.3 is 0 Å². The molecule has 1 saturated heterocycles. The molecular formula is C20H33N3O3S. The SMILES string of the molecule is CCN(CC)S(=O)(=O)c1ccc(C(=O)NC2CC(C)(C)NC(C)(C)C2)cc1. The van der Waals surface area contributed by atoms with Crippen molar-refractivity contribution >= 4 is 15.9 Å². The van der Waals surface area contributed by atoms with Crippen LogP contribution in [0, 0.1) is 0 Å². The number of sulfonamides is 1. The maximum Gasteiger partial charge on any atom is 0.251 e. The summed E-state index contributed by atoms with van der Waals surface area (Å²) < 4.78 is 26.5. The highest BCUT2D eigenvalue weighted by molar-refractivity contribution is 7.89. The lowest BCUT2D eigenvalue weighted by Crippen LogP contribution is -2.62. The van der Waals surface area contributed by atoms with Crippen LogP contribution in [0.15, 0.2) is 29.2 Å². The van der Waals surface area contributed by atoms with Gasteiger partial charge in [0.25, 0.3) is 5.91 Å². The fraction of sp³-hybridized carbons (Fsp3) is 0.650. The van der Waals surface area contributed by atoms with Gasteiger partial charge in [0.2, 0.25) is 10.0 Å². The van der Waals surface area contributed by atoms with Crippen LogP contribution in [-0.4, -0.2) is 48.8 Å². The van der Waals surface area contributed by atoms with Crippen molar-refractivity contribution in [3.05, 3.63) is 29.8 Å². The Hall–Kier alpha value is -1.44. The second-order valence-corrected chi connectivity index (χ2v) is 10.5. The summed E-state index contributed by atoms with van der Waals surface area (Å²) in [5.74, 6) is -0.166. The minimum Gasteiger partial charge on any atom is -0.349 e. The molecule has 2 N–H and O–H groups in total. The van der Waals surface area contributed by atoms with Crippen LogP contribution in [0.4, 0.5) is 0 Å². The van der Waals surface area contributed by atoms with Gasteiger partial charge in [-0.15, -0.1) is 0 Å². The van der Waals surface area contributed by atoms with Gasteiger partial charge in [-0.3, -0.25) is 4.79 Å². The van der Waals surface area contributed by atoms with Gasteiger partial charge in [-0.05, 0) is 64.8 Å². The maximum absolute atomic E-state index is 12.7. The van der Waals surface area contributed by atoms with Crippen LogP contribution < -0.4 is 10.6 Å². The molecule has 0 atom stereocenters. The molecule has 1 aromatic rings. The number of hydrogen-bond acceptors (Lipinski definition) is 4. The number of piperidine rings is 1. The molecule has 1 fully saturated rings. The molecule has 1 aromatic carbocycles. The van der Waals surface area contributed by atoms with Gasteiger partial charge in [0, 0.05) is 35.8 Å². The van der Waals surface area contributed by atoms with E-state index in [0.717, 1.165) is 12.8 Å². The van der Waals surface area contributed by atoms with Crippen molar-refractivity contribution in [2.45, 2.75) is 76.4 Å².